The zero-order valence-electron chi connectivity index (χ0n) is 11.1. The highest BCUT2D eigenvalue weighted by Crippen LogP contribution is 2.24. The van der Waals surface area contributed by atoms with Crippen molar-refractivity contribution in [3.63, 3.8) is 0 Å². The van der Waals surface area contributed by atoms with Gasteiger partial charge in [-0.1, -0.05) is 20.8 Å². The molecule has 94 valence electrons. The molecule has 1 aromatic carbocycles. The minimum atomic E-state index is -0.333. The van der Waals surface area contributed by atoms with E-state index in [0.29, 0.717) is 5.56 Å². The van der Waals surface area contributed by atoms with Crippen LogP contribution in [0.4, 0.5) is 0 Å². The van der Waals surface area contributed by atoms with Crippen molar-refractivity contribution in [1.82, 2.24) is 0 Å². The lowest BCUT2D eigenvalue weighted by molar-refractivity contribution is 0.0600. The Morgan fingerprint density at radius 2 is 1.71 bits per heavy atom. The molecule has 17 heavy (non-hydrogen) atoms. The van der Waals surface area contributed by atoms with Crippen molar-refractivity contribution in [1.29, 1.82) is 0 Å². The number of benzene rings is 1. The van der Waals surface area contributed by atoms with Gasteiger partial charge >= 0.3 is 5.97 Å². The van der Waals surface area contributed by atoms with E-state index >= 15 is 0 Å². The molecule has 0 aliphatic rings. The van der Waals surface area contributed by atoms with Gasteiger partial charge in [-0.05, 0) is 36.6 Å². The summed E-state index contributed by atoms with van der Waals surface area (Å²) in [4.78, 5) is 11.2. The molecule has 0 bridgehead atoms. The highest BCUT2D eigenvalue weighted by molar-refractivity contribution is 5.89. The van der Waals surface area contributed by atoms with E-state index in [1.54, 1.807) is 24.3 Å². The summed E-state index contributed by atoms with van der Waals surface area (Å²) in [6.45, 7) is 8.41. The Morgan fingerprint density at radius 1 is 1.18 bits per heavy atom. The number of hydrogen-bond acceptors (Lipinski definition) is 3. The Balaban J connectivity index is 2.72. The maximum Gasteiger partial charge on any atom is 0.337 e. The van der Waals surface area contributed by atoms with E-state index in [1.165, 1.54) is 7.11 Å². The molecule has 0 saturated carbocycles. The first-order valence-electron chi connectivity index (χ1n) is 5.69. The maximum atomic E-state index is 11.2. The van der Waals surface area contributed by atoms with Crippen molar-refractivity contribution in [3.05, 3.63) is 29.8 Å². The number of rotatable bonds is 3. The second-order valence-corrected chi connectivity index (χ2v) is 5.14. The van der Waals surface area contributed by atoms with Gasteiger partial charge in [-0.3, -0.25) is 0 Å². The second-order valence-electron chi connectivity index (χ2n) is 5.14. The summed E-state index contributed by atoms with van der Waals surface area (Å²) in [7, 11) is 1.37. The standard InChI is InChI=1S/C14H20O3/c1-10(14(2,3)4)17-12-8-6-11(7-9-12)13(15)16-5/h6-10H,1-5H3. The lowest BCUT2D eigenvalue weighted by atomic mass is 9.90. The third-order valence-electron chi connectivity index (χ3n) is 2.81. The molecule has 0 radical (unpaired) electrons. The van der Waals surface area contributed by atoms with Crippen LogP contribution in [0.15, 0.2) is 24.3 Å². The van der Waals surface area contributed by atoms with Crippen molar-refractivity contribution in [2.75, 3.05) is 7.11 Å². The number of esters is 1. The fraction of sp³-hybridized carbons (Fsp3) is 0.500. The monoisotopic (exact) mass is 236 g/mol. The first-order chi connectivity index (χ1) is 7.84. The van der Waals surface area contributed by atoms with Crippen molar-refractivity contribution < 1.29 is 14.3 Å². The van der Waals surface area contributed by atoms with Gasteiger partial charge in [-0.2, -0.15) is 0 Å². The van der Waals surface area contributed by atoms with Gasteiger partial charge in [0.2, 0.25) is 0 Å². The molecule has 3 heteroatoms. The summed E-state index contributed by atoms with van der Waals surface area (Å²) in [5.41, 5.74) is 0.615. The molecular weight excluding hydrogens is 216 g/mol. The van der Waals surface area contributed by atoms with E-state index in [0.717, 1.165) is 5.75 Å². The van der Waals surface area contributed by atoms with Gasteiger partial charge < -0.3 is 9.47 Å². The van der Waals surface area contributed by atoms with Crippen molar-refractivity contribution >= 4 is 5.97 Å². The summed E-state index contributed by atoms with van der Waals surface area (Å²) >= 11 is 0. The molecule has 1 aromatic rings. The van der Waals surface area contributed by atoms with Crippen LogP contribution in [0.25, 0.3) is 0 Å². The third kappa shape index (κ3) is 3.77. The first-order valence-corrected chi connectivity index (χ1v) is 5.69. The van der Waals surface area contributed by atoms with Gasteiger partial charge in [0.25, 0.3) is 0 Å². The van der Waals surface area contributed by atoms with E-state index in [-0.39, 0.29) is 17.5 Å². The van der Waals surface area contributed by atoms with E-state index in [1.807, 2.05) is 6.92 Å². The van der Waals surface area contributed by atoms with Crippen LogP contribution in [-0.2, 0) is 4.74 Å². The molecule has 0 amide bonds. The molecule has 0 N–H and O–H groups in total. The SMILES string of the molecule is COC(=O)c1ccc(OC(C)C(C)(C)C)cc1. The predicted octanol–water partition coefficient (Wildman–Crippen LogP) is 3.29. The predicted molar refractivity (Wildman–Crippen MR) is 67.3 cm³/mol. The van der Waals surface area contributed by atoms with Crippen LogP contribution in [0.2, 0.25) is 0 Å². The number of methoxy groups -OCH3 is 1. The van der Waals surface area contributed by atoms with Crippen molar-refractivity contribution in [2.45, 2.75) is 33.8 Å². The highest BCUT2D eigenvalue weighted by Gasteiger charge is 2.21. The van der Waals surface area contributed by atoms with E-state index in [9.17, 15) is 4.79 Å². The average molecular weight is 236 g/mol. The van der Waals surface area contributed by atoms with Crippen LogP contribution in [0, 0.1) is 5.41 Å². The molecule has 0 aromatic heterocycles. The fourth-order valence-electron chi connectivity index (χ4n) is 1.17. The summed E-state index contributed by atoms with van der Waals surface area (Å²) in [6.07, 6.45) is 0.103. The van der Waals surface area contributed by atoms with Crippen molar-refractivity contribution in [2.24, 2.45) is 5.41 Å². The Hall–Kier alpha value is -1.51. The lowest BCUT2D eigenvalue weighted by Crippen LogP contribution is -2.28. The molecule has 0 heterocycles. The summed E-state index contributed by atoms with van der Waals surface area (Å²) in [6, 6.07) is 6.98. The van der Waals surface area contributed by atoms with Gasteiger partial charge in [0.1, 0.15) is 11.9 Å². The molecule has 0 fully saturated rings. The second kappa shape index (κ2) is 5.21. The number of ether oxygens (including phenoxy) is 2. The number of carbonyl (C=O) groups is 1. The molecule has 0 spiro atoms. The molecule has 0 saturated heterocycles. The third-order valence-corrected chi connectivity index (χ3v) is 2.81. The van der Waals surface area contributed by atoms with Crippen LogP contribution >= 0.6 is 0 Å². The van der Waals surface area contributed by atoms with Gasteiger partial charge in [-0.15, -0.1) is 0 Å². The zero-order chi connectivity index (χ0) is 13.1. The Kier molecular flexibility index (Phi) is 4.16. The van der Waals surface area contributed by atoms with E-state index in [4.69, 9.17) is 4.74 Å². The quantitative estimate of drug-likeness (QED) is 0.755. The molecular formula is C14H20O3. The maximum absolute atomic E-state index is 11.2. The summed E-state index contributed by atoms with van der Waals surface area (Å²) in [5.74, 6) is 0.431. The fourth-order valence-corrected chi connectivity index (χ4v) is 1.17. The van der Waals surface area contributed by atoms with Gasteiger partial charge in [0, 0.05) is 0 Å². The normalized spacial score (nSPS) is 13.0. The van der Waals surface area contributed by atoms with E-state index in [2.05, 4.69) is 25.5 Å². The van der Waals surface area contributed by atoms with Crippen LogP contribution in [0.3, 0.4) is 0 Å². The van der Waals surface area contributed by atoms with Crippen LogP contribution in [-0.4, -0.2) is 19.2 Å². The van der Waals surface area contributed by atoms with Crippen LogP contribution in [0.1, 0.15) is 38.1 Å². The van der Waals surface area contributed by atoms with E-state index < -0.39 is 0 Å². The smallest absolute Gasteiger partial charge is 0.337 e. The summed E-state index contributed by atoms with van der Waals surface area (Å²) < 4.78 is 10.4. The molecule has 1 atom stereocenters. The number of hydrogen-bond donors (Lipinski definition) is 0. The first kappa shape index (κ1) is 13.6. The van der Waals surface area contributed by atoms with Crippen molar-refractivity contribution in [3.8, 4) is 5.75 Å². The largest absolute Gasteiger partial charge is 0.490 e. The van der Waals surface area contributed by atoms with Crippen LogP contribution in [0.5, 0.6) is 5.75 Å². The lowest BCUT2D eigenvalue weighted by Gasteiger charge is -2.27. The minimum absolute atomic E-state index is 0.0843. The average Bonchev–Trinajstić information content (AvgIpc) is 2.27. The van der Waals surface area contributed by atoms with Gasteiger partial charge in [-0.25, -0.2) is 4.79 Å². The highest BCUT2D eigenvalue weighted by atomic mass is 16.5. The molecule has 3 nitrogen and oxygen atoms in total. The molecule has 0 aliphatic carbocycles. The number of carbonyl (C=O) groups excluding carboxylic acids is 1. The Bertz CT molecular complexity index is 373. The Morgan fingerprint density at radius 3 is 2.12 bits per heavy atom. The minimum Gasteiger partial charge on any atom is -0.490 e. The molecule has 0 aliphatic heterocycles. The zero-order valence-corrected chi connectivity index (χ0v) is 11.1. The molecule has 1 unspecified atom stereocenters. The molecule has 1 rings (SSSR count). The van der Waals surface area contributed by atoms with Gasteiger partial charge in [0.05, 0.1) is 12.7 Å². The Labute approximate surface area is 103 Å². The topological polar surface area (TPSA) is 35.5 Å². The summed E-state index contributed by atoms with van der Waals surface area (Å²) in [5, 5.41) is 0. The van der Waals surface area contributed by atoms with Gasteiger partial charge in [0.15, 0.2) is 0 Å². The van der Waals surface area contributed by atoms with Crippen LogP contribution < -0.4 is 4.74 Å².